The molecule has 0 radical (unpaired) electrons. The van der Waals surface area contributed by atoms with Gasteiger partial charge in [-0.2, -0.15) is 0 Å². The highest BCUT2D eigenvalue weighted by molar-refractivity contribution is 5.94. The van der Waals surface area contributed by atoms with Crippen LogP contribution in [-0.2, 0) is 21.4 Å². The fraction of sp³-hybridized carbons (Fsp3) is 0.444. The molecular formula is C27H36N3O3+. The third-order valence-corrected chi connectivity index (χ3v) is 6.01. The summed E-state index contributed by atoms with van der Waals surface area (Å²) in [6, 6.07) is 11.3. The smallest absolute Gasteiger partial charge is 0.338 e. The Bertz CT molecular complexity index is 1040. The molecule has 6 nitrogen and oxygen atoms in total. The number of aryl methyl sites for hydroxylation is 2. The molecule has 1 aliphatic rings. The van der Waals surface area contributed by atoms with E-state index in [1.54, 1.807) is 31.2 Å². The molecule has 176 valence electrons. The largest absolute Gasteiger partial charge is 0.462 e. The number of benzene rings is 2. The minimum absolute atomic E-state index is 0.0865. The van der Waals surface area contributed by atoms with Gasteiger partial charge in [0.15, 0.2) is 6.54 Å². The summed E-state index contributed by atoms with van der Waals surface area (Å²) in [4.78, 5) is 24.5. The number of ether oxygens (including phenoxy) is 1. The van der Waals surface area contributed by atoms with E-state index in [1.807, 2.05) is 0 Å². The molecule has 1 amide bonds. The first kappa shape index (κ1) is 24.5. The van der Waals surface area contributed by atoms with Gasteiger partial charge in [0.25, 0.3) is 5.91 Å². The predicted molar refractivity (Wildman–Crippen MR) is 132 cm³/mol. The Morgan fingerprint density at radius 2 is 1.73 bits per heavy atom. The van der Waals surface area contributed by atoms with E-state index in [4.69, 9.17) is 4.74 Å². The Morgan fingerprint density at radius 1 is 1.09 bits per heavy atom. The minimum Gasteiger partial charge on any atom is -0.462 e. The van der Waals surface area contributed by atoms with Crippen molar-refractivity contribution >= 4 is 23.4 Å². The first-order valence-corrected chi connectivity index (χ1v) is 11.6. The average molecular weight is 451 g/mol. The van der Waals surface area contributed by atoms with Crippen LogP contribution in [0.5, 0.6) is 0 Å². The van der Waals surface area contributed by atoms with Crippen LogP contribution in [0.15, 0.2) is 36.4 Å². The predicted octanol–water partition coefficient (Wildman–Crippen LogP) is 3.97. The molecule has 2 N–H and O–H groups in total. The van der Waals surface area contributed by atoms with Gasteiger partial charge in [-0.25, -0.2) is 4.79 Å². The fourth-order valence-corrected chi connectivity index (χ4v) is 4.08. The number of esters is 1. The normalized spacial score (nSPS) is 13.6. The van der Waals surface area contributed by atoms with E-state index < -0.39 is 0 Å². The summed E-state index contributed by atoms with van der Waals surface area (Å²) in [6.45, 7) is 15.1. The fourth-order valence-electron chi connectivity index (χ4n) is 4.08. The molecule has 1 heterocycles. The van der Waals surface area contributed by atoms with Crippen molar-refractivity contribution < 1.29 is 18.9 Å². The molecule has 33 heavy (non-hydrogen) atoms. The van der Waals surface area contributed by atoms with Gasteiger partial charge in [-0.3, -0.25) is 14.7 Å². The SMILES string of the molecule is CCOC(=O)c1ccc(NC(=O)C[N+]2=C(Cc3c(C)cc(C(C)(C)C)cc3C)NCC2)cc1. The van der Waals surface area contributed by atoms with Gasteiger partial charge in [0.1, 0.15) is 13.1 Å². The van der Waals surface area contributed by atoms with Gasteiger partial charge in [0.2, 0.25) is 5.84 Å². The van der Waals surface area contributed by atoms with E-state index in [0.717, 1.165) is 25.3 Å². The number of rotatable bonds is 7. The van der Waals surface area contributed by atoms with Crippen LogP contribution in [0.25, 0.3) is 0 Å². The molecule has 0 atom stereocenters. The Balaban J connectivity index is 1.69. The molecule has 2 aromatic rings. The summed E-state index contributed by atoms with van der Waals surface area (Å²) in [5.41, 5.74) is 6.47. The number of hydrogen-bond donors (Lipinski definition) is 2. The number of hydrogen-bond acceptors (Lipinski definition) is 4. The lowest BCUT2D eigenvalue weighted by Gasteiger charge is -2.22. The highest BCUT2D eigenvalue weighted by Gasteiger charge is 2.25. The van der Waals surface area contributed by atoms with Gasteiger partial charge in [-0.1, -0.05) is 32.9 Å². The molecule has 0 saturated heterocycles. The van der Waals surface area contributed by atoms with Crippen molar-refractivity contribution in [1.29, 1.82) is 0 Å². The van der Waals surface area contributed by atoms with Crippen LogP contribution in [-0.4, -0.2) is 48.5 Å². The topological polar surface area (TPSA) is 70.4 Å². The molecule has 2 aromatic carbocycles. The van der Waals surface area contributed by atoms with Crippen molar-refractivity contribution in [3.8, 4) is 0 Å². The Kier molecular flexibility index (Phi) is 7.57. The molecule has 0 fully saturated rings. The van der Waals surface area contributed by atoms with Crippen LogP contribution < -0.4 is 10.6 Å². The maximum atomic E-state index is 12.7. The van der Waals surface area contributed by atoms with Gasteiger partial charge in [-0.15, -0.1) is 0 Å². The number of amides is 1. The highest BCUT2D eigenvalue weighted by atomic mass is 16.5. The van der Waals surface area contributed by atoms with E-state index >= 15 is 0 Å². The van der Waals surface area contributed by atoms with Gasteiger partial charge >= 0.3 is 5.97 Å². The minimum atomic E-state index is -0.362. The van der Waals surface area contributed by atoms with E-state index in [-0.39, 0.29) is 23.8 Å². The van der Waals surface area contributed by atoms with Gasteiger partial charge < -0.3 is 10.1 Å². The quantitative estimate of drug-likeness (QED) is 0.495. The first-order valence-electron chi connectivity index (χ1n) is 11.6. The lowest BCUT2D eigenvalue weighted by atomic mass is 9.83. The number of carbonyl (C=O) groups is 2. The number of carbonyl (C=O) groups excluding carboxylic acids is 2. The maximum absolute atomic E-state index is 12.7. The average Bonchev–Trinajstić information content (AvgIpc) is 3.17. The summed E-state index contributed by atoms with van der Waals surface area (Å²) >= 11 is 0. The Labute approximate surface area is 197 Å². The van der Waals surface area contributed by atoms with Gasteiger partial charge in [-0.05, 0) is 72.7 Å². The molecule has 0 aromatic heterocycles. The van der Waals surface area contributed by atoms with E-state index in [0.29, 0.717) is 17.9 Å². The molecule has 6 heteroatoms. The summed E-state index contributed by atoms with van der Waals surface area (Å²) in [5, 5.41) is 6.39. The highest BCUT2D eigenvalue weighted by Crippen LogP contribution is 2.27. The second-order valence-corrected chi connectivity index (χ2v) is 9.66. The summed E-state index contributed by atoms with van der Waals surface area (Å²) in [7, 11) is 0. The standard InChI is InChI=1S/C27H35N3O3/c1-7-33-26(32)20-8-10-22(11-9-20)29-25(31)17-30-13-12-28-24(30)16-23-18(2)14-21(15-19(23)3)27(4,5)6/h8-11,14-15H,7,12-13,16-17H2,1-6H3,(H,29,31,32)/p+1. The molecule has 0 saturated carbocycles. The second-order valence-electron chi connectivity index (χ2n) is 9.66. The maximum Gasteiger partial charge on any atom is 0.338 e. The van der Waals surface area contributed by atoms with E-state index in [2.05, 4.69) is 62.0 Å². The number of nitrogens with one attached hydrogen (secondary N) is 2. The lowest BCUT2D eigenvalue weighted by molar-refractivity contribution is -0.506. The van der Waals surface area contributed by atoms with Gasteiger partial charge in [0, 0.05) is 5.69 Å². The molecule has 0 bridgehead atoms. The van der Waals surface area contributed by atoms with Gasteiger partial charge in [0.05, 0.1) is 18.6 Å². The second kappa shape index (κ2) is 10.2. The third kappa shape index (κ3) is 6.21. The van der Waals surface area contributed by atoms with Crippen molar-refractivity contribution in [2.24, 2.45) is 0 Å². The molecule has 0 unspecified atom stereocenters. The summed E-state index contributed by atoms with van der Waals surface area (Å²) < 4.78 is 7.11. The van der Waals surface area contributed by atoms with Crippen molar-refractivity contribution in [3.05, 3.63) is 64.2 Å². The third-order valence-electron chi connectivity index (χ3n) is 6.01. The zero-order chi connectivity index (χ0) is 24.2. The van der Waals surface area contributed by atoms with Crippen LogP contribution in [0.2, 0.25) is 0 Å². The first-order chi connectivity index (χ1) is 15.6. The van der Waals surface area contributed by atoms with Crippen LogP contribution in [0, 0.1) is 13.8 Å². The number of amidine groups is 1. The van der Waals surface area contributed by atoms with E-state index in [9.17, 15) is 9.59 Å². The van der Waals surface area contributed by atoms with Crippen LogP contribution >= 0.6 is 0 Å². The molecule has 3 rings (SSSR count). The Morgan fingerprint density at radius 3 is 2.30 bits per heavy atom. The molecule has 0 spiro atoms. The monoisotopic (exact) mass is 450 g/mol. The van der Waals surface area contributed by atoms with E-state index in [1.165, 1.54) is 22.3 Å². The zero-order valence-corrected chi connectivity index (χ0v) is 20.7. The van der Waals surface area contributed by atoms with Crippen LogP contribution in [0.4, 0.5) is 5.69 Å². The van der Waals surface area contributed by atoms with Crippen LogP contribution in [0.1, 0.15) is 60.3 Å². The molecular weight excluding hydrogens is 414 g/mol. The summed E-state index contributed by atoms with van der Waals surface area (Å²) in [5.74, 6) is 0.632. The van der Waals surface area contributed by atoms with Crippen molar-refractivity contribution in [3.63, 3.8) is 0 Å². The van der Waals surface area contributed by atoms with Crippen molar-refractivity contribution in [1.82, 2.24) is 5.32 Å². The molecule has 0 aliphatic carbocycles. The summed E-state index contributed by atoms with van der Waals surface area (Å²) in [6.07, 6.45) is 0.781. The van der Waals surface area contributed by atoms with Crippen molar-refractivity contribution in [2.75, 3.05) is 31.6 Å². The Hall–Kier alpha value is -3.15. The lowest BCUT2D eigenvalue weighted by Crippen LogP contribution is -2.31. The number of anilines is 1. The zero-order valence-electron chi connectivity index (χ0n) is 20.7. The number of nitrogens with zero attached hydrogens (tertiary/aromatic N) is 1. The van der Waals surface area contributed by atoms with Crippen LogP contribution in [0.3, 0.4) is 0 Å². The molecule has 1 aliphatic heterocycles. The van der Waals surface area contributed by atoms with Crippen molar-refractivity contribution in [2.45, 2.75) is 53.4 Å².